The Balaban J connectivity index is 2.89. The van der Waals surface area contributed by atoms with Crippen molar-refractivity contribution in [1.82, 2.24) is 0 Å². The van der Waals surface area contributed by atoms with Crippen LogP contribution in [-0.4, -0.2) is 16.5 Å². The van der Waals surface area contributed by atoms with Gasteiger partial charge in [0.1, 0.15) is 0 Å². The summed E-state index contributed by atoms with van der Waals surface area (Å²) in [4.78, 5) is 11.4. The standard InChI is InChI=1S/C12H13F3O2S/c1-7(11(17)18-2)10(16)8-3-5-9(6-4-8)12(13,14)15/h3-7,10,16H,1-2H3/t7-,10-/m0/s1. The lowest BCUT2D eigenvalue weighted by Crippen LogP contribution is -2.16. The van der Waals surface area contributed by atoms with E-state index in [9.17, 15) is 23.1 Å². The molecule has 1 N–H and O–H groups in total. The van der Waals surface area contributed by atoms with Gasteiger partial charge in [-0.3, -0.25) is 4.79 Å². The quantitative estimate of drug-likeness (QED) is 0.922. The second-order valence-electron chi connectivity index (χ2n) is 3.88. The third kappa shape index (κ3) is 3.49. The Morgan fingerprint density at radius 2 is 1.78 bits per heavy atom. The molecular weight excluding hydrogens is 265 g/mol. The average molecular weight is 278 g/mol. The zero-order valence-electron chi connectivity index (χ0n) is 9.86. The molecule has 18 heavy (non-hydrogen) atoms. The first-order valence-electron chi connectivity index (χ1n) is 5.20. The van der Waals surface area contributed by atoms with Crippen LogP contribution in [0.4, 0.5) is 13.2 Å². The lowest BCUT2D eigenvalue weighted by molar-refractivity contribution is -0.137. The van der Waals surface area contributed by atoms with Gasteiger partial charge < -0.3 is 5.11 Å². The van der Waals surface area contributed by atoms with Gasteiger partial charge in [-0.15, -0.1) is 0 Å². The monoisotopic (exact) mass is 278 g/mol. The molecule has 0 bridgehead atoms. The van der Waals surface area contributed by atoms with E-state index in [4.69, 9.17) is 0 Å². The maximum absolute atomic E-state index is 12.3. The maximum atomic E-state index is 12.3. The summed E-state index contributed by atoms with van der Waals surface area (Å²) in [5.41, 5.74) is -0.472. The zero-order chi connectivity index (χ0) is 13.9. The molecule has 0 aliphatic carbocycles. The fraction of sp³-hybridized carbons (Fsp3) is 0.417. The number of hydrogen-bond acceptors (Lipinski definition) is 3. The first kappa shape index (κ1) is 15.0. The van der Waals surface area contributed by atoms with E-state index < -0.39 is 23.8 Å². The average Bonchev–Trinajstić information content (AvgIpc) is 2.35. The summed E-state index contributed by atoms with van der Waals surface area (Å²) >= 11 is 0.984. The van der Waals surface area contributed by atoms with Crippen molar-refractivity contribution in [2.45, 2.75) is 19.2 Å². The SMILES string of the molecule is CSC(=O)[C@@H](C)[C@H](O)c1ccc(C(F)(F)F)cc1. The van der Waals surface area contributed by atoms with Crippen molar-refractivity contribution in [3.05, 3.63) is 35.4 Å². The molecule has 6 heteroatoms. The van der Waals surface area contributed by atoms with Gasteiger partial charge in [-0.2, -0.15) is 13.2 Å². The van der Waals surface area contributed by atoms with Crippen molar-refractivity contribution in [1.29, 1.82) is 0 Å². The smallest absolute Gasteiger partial charge is 0.388 e. The maximum Gasteiger partial charge on any atom is 0.416 e. The number of aliphatic hydroxyl groups is 1. The second kappa shape index (κ2) is 5.75. The molecule has 0 unspecified atom stereocenters. The Labute approximate surface area is 107 Å². The second-order valence-corrected chi connectivity index (χ2v) is 4.69. The molecule has 0 amide bonds. The number of carbonyl (C=O) groups excluding carboxylic acids is 1. The molecule has 0 spiro atoms. The Kier molecular flexibility index (Phi) is 4.81. The van der Waals surface area contributed by atoms with Gasteiger partial charge in [-0.1, -0.05) is 30.8 Å². The van der Waals surface area contributed by atoms with Crippen molar-refractivity contribution < 1.29 is 23.1 Å². The third-order valence-electron chi connectivity index (χ3n) is 2.63. The van der Waals surface area contributed by atoms with Crippen LogP contribution in [0.2, 0.25) is 0 Å². The van der Waals surface area contributed by atoms with E-state index in [0.717, 1.165) is 23.9 Å². The summed E-state index contributed by atoms with van der Waals surface area (Å²) in [7, 11) is 0. The number of alkyl halides is 3. The molecule has 0 saturated heterocycles. The van der Waals surface area contributed by atoms with E-state index >= 15 is 0 Å². The molecule has 100 valence electrons. The Hall–Kier alpha value is -1.01. The van der Waals surface area contributed by atoms with Gasteiger partial charge >= 0.3 is 6.18 Å². The van der Waals surface area contributed by atoms with Gasteiger partial charge in [0.25, 0.3) is 0 Å². The Morgan fingerprint density at radius 1 is 1.28 bits per heavy atom. The van der Waals surface area contributed by atoms with E-state index in [-0.39, 0.29) is 5.12 Å². The molecule has 2 nitrogen and oxygen atoms in total. The summed E-state index contributed by atoms with van der Waals surface area (Å²) in [6.07, 6.45) is -3.89. The Morgan fingerprint density at radius 3 is 2.17 bits per heavy atom. The largest absolute Gasteiger partial charge is 0.416 e. The normalized spacial score (nSPS) is 15.2. The van der Waals surface area contributed by atoms with Crippen molar-refractivity contribution in [3.63, 3.8) is 0 Å². The van der Waals surface area contributed by atoms with Crippen LogP contribution in [0.15, 0.2) is 24.3 Å². The predicted molar refractivity (Wildman–Crippen MR) is 64.1 cm³/mol. The van der Waals surface area contributed by atoms with Crippen molar-refractivity contribution in [2.24, 2.45) is 5.92 Å². The fourth-order valence-corrected chi connectivity index (χ4v) is 1.97. The highest BCUT2D eigenvalue weighted by molar-refractivity contribution is 8.13. The van der Waals surface area contributed by atoms with Crippen molar-refractivity contribution >= 4 is 16.9 Å². The highest BCUT2D eigenvalue weighted by Crippen LogP contribution is 2.31. The molecule has 1 rings (SSSR count). The molecule has 0 aliphatic heterocycles. The van der Waals surface area contributed by atoms with Crippen molar-refractivity contribution in [2.75, 3.05) is 6.26 Å². The van der Waals surface area contributed by atoms with Crippen molar-refractivity contribution in [3.8, 4) is 0 Å². The summed E-state index contributed by atoms with van der Waals surface area (Å²) in [6.45, 7) is 1.54. The van der Waals surface area contributed by atoms with E-state index in [1.807, 2.05) is 0 Å². The third-order valence-corrected chi connectivity index (χ3v) is 3.40. The number of halogens is 3. The number of carbonyl (C=O) groups is 1. The molecule has 1 aromatic rings. The predicted octanol–water partition coefficient (Wildman–Crippen LogP) is 3.26. The fourth-order valence-electron chi connectivity index (χ4n) is 1.47. The topological polar surface area (TPSA) is 37.3 Å². The molecule has 1 aromatic carbocycles. The van der Waals surface area contributed by atoms with Gasteiger partial charge in [0, 0.05) is 0 Å². The van der Waals surface area contributed by atoms with Crippen LogP contribution in [0.25, 0.3) is 0 Å². The van der Waals surface area contributed by atoms with E-state index in [1.165, 1.54) is 12.1 Å². The first-order valence-corrected chi connectivity index (χ1v) is 6.43. The first-order chi connectivity index (χ1) is 8.27. The van der Waals surface area contributed by atoms with Crippen LogP contribution < -0.4 is 0 Å². The number of benzene rings is 1. The summed E-state index contributed by atoms with van der Waals surface area (Å²) in [5, 5.41) is 9.66. The molecule has 0 aliphatic rings. The molecule has 0 radical (unpaired) electrons. The Bertz CT molecular complexity index is 414. The number of rotatable bonds is 3. The van der Waals surface area contributed by atoms with Crippen LogP contribution in [-0.2, 0) is 11.0 Å². The number of hydrogen-bond donors (Lipinski definition) is 1. The highest BCUT2D eigenvalue weighted by Gasteiger charge is 2.30. The van der Waals surface area contributed by atoms with Crippen LogP contribution in [0.1, 0.15) is 24.2 Å². The van der Waals surface area contributed by atoms with Gasteiger partial charge in [-0.05, 0) is 24.0 Å². The highest BCUT2D eigenvalue weighted by atomic mass is 32.2. The van der Waals surface area contributed by atoms with E-state index in [1.54, 1.807) is 13.2 Å². The van der Waals surface area contributed by atoms with Gasteiger partial charge in [0.2, 0.25) is 0 Å². The van der Waals surface area contributed by atoms with Crippen LogP contribution in [0.3, 0.4) is 0 Å². The van der Waals surface area contributed by atoms with Gasteiger partial charge in [-0.25, -0.2) is 0 Å². The zero-order valence-corrected chi connectivity index (χ0v) is 10.7. The van der Waals surface area contributed by atoms with E-state index in [2.05, 4.69) is 0 Å². The molecule has 0 fully saturated rings. The van der Waals surface area contributed by atoms with Crippen LogP contribution >= 0.6 is 11.8 Å². The van der Waals surface area contributed by atoms with Crippen LogP contribution in [0.5, 0.6) is 0 Å². The minimum atomic E-state index is -4.40. The lowest BCUT2D eigenvalue weighted by Gasteiger charge is -2.17. The minimum Gasteiger partial charge on any atom is -0.388 e. The molecule has 0 heterocycles. The van der Waals surface area contributed by atoms with Gasteiger partial charge in [0.05, 0.1) is 17.6 Å². The molecule has 0 aromatic heterocycles. The molecular formula is C12H13F3O2S. The van der Waals surface area contributed by atoms with Gasteiger partial charge in [0.15, 0.2) is 5.12 Å². The van der Waals surface area contributed by atoms with E-state index in [0.29, 0.717) is 5.56 Å². The number of aliphatic hydroxyl groups excluding tert-OH is 1. The van der Waals surface area contributed by atoms with Crippen LogP contribution in [0, 0.1) is 5.92 Å². The summed E-state index contributed by atoms with van der Waals surface area (Å²) < 4.78 is 37.0. The lowest BCUT2D eigenvalue weighted by atomic mass is 9.97. The molecule has 0 saturated carbocycles. The summed E-state index contributed by atoms with van der Waals surface area (Å²) in [6, 6.07) is 4.18. The number of thioether (sulfide) groups is 1. The summed E-state index contributed by atoms with van der Waals surface area (Å²) in [5.74, 6) is -0.656. The minimum absolute atomic E-state index is 0.206. The molecule has 2 atom stereocenters.